The molecule has 0 atom stereocenters. The summed E-state index contributed by atoms with van der Waals surface area (Å²) in [7, 11) is 1.70. The summed E-state index contributed by atoms with van der Waals surface area (Å²) in [5, 5.41) is 0. The molecule has 0 heterocycles. The van der Waals surface area contributed by atoms with E-state index in [1.165, 1.54) is 16.9 Å². The molecule has 0 fully saturated rings. The van der Waals surface area contributed by atoms with Crippen LogP contribution in [0, 0.1) is 0 Å². The Labute approximate surface area is 141 Å². The average Bonchev–Trinajstić information content (AvgIpc) is 2.46. The van der Waals surface area contributed by atoms with Crippen LogP contribution in [-0.4, -0.2) is 12.6 Å². The largest absolute Gasteiger partial charge is 0.497 e. The summed E-state index contributed by atoms with van der Waals surface area (Å²) in [4.78, 5) is 2.38. The molecule has 2 heteroatoms. The molecule has 2 nitrogen and oxygen atoms in total. The van der Waals surface area contributed by atoms with Gasteiger partial charge in [0.1, 0.15) is 5.75 Å². The lowest BCUT2D eigenvalue weighted by Gasteiger charge is -2.38. The Hall–Kier alpha value is -1.96. The summed E-state index contributed by atoms with van der Waals surface area (Å²) < 4.78 is 5.29. The van der Waals surface area contributed by atoms with Gasteiger partial charge in [-0.2, -0.15) is 0 Å². The van der Waals surface area contributed by atoms with Gasteiger partial charge >= 0.3 is 0 Å². The van der Waals surface area contributed by atoms with Crippen molar-refractivity contribution in [3.05, 3.63) is 54.1 Å². The van der Waals surface area contributed by atoms with E-state index in [-0.39, 0.29) is 11.0 Å². The molecule has 0 bridgehead atoms. The van der Waals surface area contributed by atoms with Gasteiger partial charge in [0.05, 0.1) is 7.11 Å². The Morgan fingerprint density at radius 2 is 1.39 bits per heavy atom. The Morgan fingerprint density at radius 3 is 1.87 bits per heavy atom. The van der Waals surface area contributed by atoms with E-state index in [0.717, 1.165) is 5.75 Å². The first-order valence-corrected chi connectivity index (χ1v) is 8.18. The number of anilines is 2. The highest BCUT2D eigenvalue weighted by molar-refractivity contribution is 5.66. The average molecular weight is 311 g/mol. The molecule has 0 unspecified atom stereocenters. The van der Waals surface area contributed by atoms with E-state index >= 15 is 0 Å². The Morgan fingerprint density at radius 1 is 0.783 bits per heavy atom. The summed E-state index contributed by atoms with van der Waals surface area (Å²) in [6.45, 7) is 13.5. The first kappa shape index (κ1) is 17.4. The number of hydrogen-bond donors (Lipinski definition) is 0. The third-order valence-electron chi connectivity index (χ3n) is 3.97. The fraction of sp³-hybridized carbons (Fsp3) is 0.429. The minimum atomic E-state index is -0.0227. The molecule has 0 saturated heterocycles. The van der Waals surface area contributed by atoms with E-state index in [1.54, 1.807) is 7.11 Å². The zero-order chi connectivity index (χ0) is 17.3. The number of rotatable bonds is 3. The zero-order valence-corrected chi connectivity index (χ0v) is 15.5. The van der Waals surface area contributed by atoms with E-state index in [2.05, 4.69) is 82.8 Å². The van der Waals surface area contributed by atoms with Crippen molar-refractivity contribution in [1.29, 1.82) is 0 Å². The third kappa shape index (κ3) is 4.07. The molecule has 124 valence electrons. The second-order valence-electron chi connectivity index (χ2n) is 8.00. The molecule has 0 aliphatic carbocycles. The highest BCUT2D eigenvalue weighted by atomic mass is 16.5. The predicted molar refractivity (Wildman–Crippen MR) is 100 cm³/mol. The van der Waals surface area contributed by atoms with Crippen LogP contribution in [0.15, 0.2) is 48.5 Å². The van der Waals surface area contributed by atoms with Gasteiger partial charge < -0.3 is 9.64 Å². The lowest BCUT2D eigenvalue weighted by atomic mass is 9.86. The van der Waals surface area contributed by atoms with Crippen molar-refractivity contribution in [3.8, 4) is 5.75 Å². The number of hydrogen-bond acceptors (Lipinski definition) is 2. The SMILES string of the molecule is COc1ccc(N(c2cccc(C(C)(C)C)c2)C(C)(C)C)cc1. The highest BCUT2D eigenvalue weighted by Gasteiger charge is 2.25. The highest BCUT2D eigenvalue weighted by Crippen LogP contribution is 2.36. The van der Waals surface area contributed by atoms with E-state index in [0.29, 0.717) is 0 Å². The van der Waals surface area contributed by atoms with Gasteiger partial charge in [-0.3, -0.25) is 0 Å². The number of benzene rings is 2. The summed E-state index contributed by atoms with van der Waals surface area (Å²) >= 11 is 0. The predicted octanol–water partition coefficient (Wildman–Crippen LogP) is 5.93. The molecular formula is C21H29NO. The first-order chi connectivity index (χ1) is 10.6. The van der Waals surface area contributed by atoms with Crippen molar-refractivity contribution in [2.45, 2.75) is 52.5 Å². The van der Waals surface area contributed by atoms with Crippen LogP contribution in [0.3, 0.4) is 0 Å². The van der Waals surface area contributed by atoms with Crippen molar-refractivity contribution < 1.29 is 4.74 Å². The number of ether oxygens (including phenoxy) is 1. The van der Waals surface area contributed by atoms with Crippen LogP contribution in [-0.2, 0) is 5.41 Å². The molecule has 0 spiro atoms. The molecule has 0 aliphatic heterocycles. The van der Waals surface area contributed by atoms with E-state index in [4.69, 9.17) is 4.74 Å². The molecule has 2 aromatic carbocycles. The lowest BCUT2D eigenvalue weighted by Crippen LogP contribution is -2.37. The molecule has 0 saturated carbocycles. The van der Waals surface area contributed by atoms with Crippen molar-refractivity contribution in [1.82, 2.24) is 0 Å². The van der Waals surface area contributed by atoms with Crippen LogP contribution in [0.5, 0.6) is 5.75 Å². The van der Waals surface area contributed by atoms with Gasteiger partial charge in [0.25, 0.3) is 0 Å². The summed E-state index contributed by atoms with van der Waals surface area (Å²) in [6.07, 6.45) is 0. The summed E-state index contributed by atoms with van der Waals surface area (Å²) in [5.41, 5.74) is 3.85. The second-order valence-corrected chi connectivity index (χ2v) is 8.00. The molecule has 0 amide bonds. The maximum Gasteiger partial charge on any atom is 0.119 e. The maximum absolute atomic E-state index is 5.29. The van der Waals surface area contributed by atoms with Crippen LogP contribution < -0.4 is 9.64 Å². The quantitative estimate of drug-likeness (QED) is 0.696. The normalized spacial score (nSPS) is 12.1. The molecule has 0 radical (unpaired) electrons. The Balaban J connectivity index is 2.51. The lowest BCUT2D eigenvalue weighted by molar-refractivity contribution is 0.414. The molecule has 23 heavy (non-hydrogen) atoms. The van der Waals surface area contributed by atoms with Gasteiger partial charge in [-0.25, -0.2) is 0 Å². The van der Waals surface area contributed by atoms with Crippen LogP contribution in [0.1, 0.15) is 47.1 Å². The molecule has 2 aromatic rings. The molecular weight excluding hydrogens is 282 g/mol. The zero-order valence-electron chi connectivity index (χ0n) is 15.5. The van der Waals surface area contributed by atoms with Crippen LogP contribution >= 0.6 is 0 Å². The van der Waals surface area contributed by atoms with Gasteiger partial charge in [0.15, 0.2) is 0 Å². The van der Waals surface area contributed by atoms with Gasteiger partial charge in [-0.1, -0.05) is 32.9 Å². The Bertz CT molecular complexity index is 645. The fourth-order valence-electron chi connectivity index (χ4n) is 2.77. The third-order valence-corrected chi connectivity index (χ3v) is 3.97. The van der Waals surface area contributed by atoms with Crippen LogP contribution in [0.4, 0.5) is 11.4 Å². The van der Waals surface area contributed by atoms with Gasteiger partial charge in [0, 0.05) is 16.9 Å². The topological polar surface area (TPSA) is 12.5 Å². The molecule has 0 aromatic heterocycles. The minimum Gasteiger partial charge on any atom is -0.497 e. The monoisotopic (exact) mass is 311 g/mol. The molecule has 0 N–H and O–H groups in total. The number of methoxy groups -OCH3 is 1. The van der Waals surface area contributed by atoms with E-state index in [1.807, 2.05) is 12.1 Å². The smallest absolute Gasteiger partial charge is 0.119 e. The first-order valence-electron chi connectivity index (χ1n) is 8.18. The van der Waals surface area contributed by atoms with Crippen molar-refractivity contribution in [2.24, 2.45) is 0 Å². The van der Waals surface area contributed by atoms with Crippen LogP contribution in [0.2, 0.25) is 0 Å². The second kappa shape index (κ2) is 6.27. The minimum absolute atomic E-state index is 0.0227. The Kier molecular flexibility index (Phi) is 4.74. The standard InChI is InChI=1S/C21H29NO/c1-20(2,3)16-9-8-10-18(15-16)22(21(4,5)6)17-11-13-19(23-7)14-12-17/h8-15H,1-7H3. The van der Waals surface area contributed by atoms with E-state index in [9.17, 15) is 0 Å². The number of nitrogens with zero attached hydrogens (tertiary/aromatic N) is 1. The van der Waals surface area contributed by atoms with Crippen LogP contribution in [0.25, 0.3) is 0 Å². The summed E-state index contributed by atoms with van der Waals surface area (Å²) in [5.74, 6) is 0.881. The van der Waals surface area contributed by atoms with E-state index < -0.39 is 0 Å². The molecule has 0 aliphatic rings. The fourth-order valence-corrected chi connectivity index (χ4v) is 2.77. The van der Waals surface area contributed by atoms with Gasteiger partial charge in [0.2, 0.25) is 0 Å². The maximum atomic E-state index is 5.29. The van der Waals surface area contributed by atoms with Crippen molar-refractivity contribution >= 4 is 11.4 Å². The van der Waals surface area contributed by atoms with Crippen molar-refractivity contribution in [2.75, 3.05) is 12.0 Å². The van der Waals surface area contributed by atoms with Crippen molar-refractivity contribution in [3.63, 3.8) is 0 Å². The molecule has 2 rings (SSSR count). The summed E-state index contributed by atoms with van der Waals surface area (Å²) in [6, 6.07) is 17.1. The van der Waals surface area contributed by atoms with Gasteiger partial charge in [-0.05, 0) is 68.1 Å². The van der Waals surface area contributed by atoms with Gasteiger partial charge in [-0.15, -0.1) is 0 Å².